The van der Waals surface area contributed by atoms with Gasteiger partial charge in [-0.05, 0) is 18.8 Å². The van der Waals surface area contributed by atoms with E-state index in [4.69, 9.17) is 10.5 Å². The Labute approximate surface area is 108 Å². The Morgan fingerprint density at radius 2 is 2.33 bits per heavy atom. The lowest BCUT2D eigenvalue weighted by Crippen LogP contribution is -2.47. The molecule has 0 spiro atoms. The van der Waals surface area contributed by atoms with Gasteiger partial charge in [0, 0.05) is 25.2 Å². The smallest absolute Gasteiger partial charge is 0.218 e. The molecule has 1 fully saturated rings. The first-order valence-corrected chi connectivity index (χ1v) is 6.66. The first kappa shape index (κ1) is 13.1. The molecule has 2 heterocycles. The van der Waals surface area contributed by atoms with Crippen LogP contribution in [0.15, 0.2) is 12.4 Å². The van der Waals surface area contributed by atoms with E-state index >= 15 is 0 Å². The number of hydrogen-bond donors (Lipinski definition) is 1. The zero-order valence-corrected chi connectivity index (χ0v) is 11.2. The number of piperidine rings is 1. The van der Waals surface area contributed by atoms with E-state index in [-0.39, 0.29) is 6.04 Å². The molecule has 1 aliphatic heterocycles. The van der Waals surface area contributed by atoms with Crippen molar-refractivity contribution in [1.82, 2.24) is 9.97 Å². The number of ether oxygens (including phenoxy) is 1. The summed E-state index contributed by atoms with van der Waals surface area (Å²) in [5, 5.41) is 0. The second-order valence-electron chi connectivity index (χ2n) is 4.94. The Balaban J connectivity index is 2.04. The molecule has 0 amide bonds. The maximum absolute atomic E-state index is 6.11. The average molecular weight is 250 g/mol. The molecule has 1 aromatic heterocycles. The van der Waals surface area contributed by atoms with Gasteiger partial charge in [-0.25, -0.2) is 9.97 Å². The fraction of sp³-hybridized carbons (Fsp3) is 0.692. The minimum absolute atomic E-state index is 0.216. The Hall–Kier alpha value is -1.36. The van der Waals surface area contributed by atoms with Gasteiger partial charge in [-0.1, -0.05) is 13.8 Å². The Morgan fingerprint density at radius 1 is 1.50 bits per heavy atom. The van der Waals surface area contributed by atoms with E-state index in [2.05, 4.69) is 28.7 Å². The van der Waals surface area contributed by atoms with Crippen molar-refractivity contribution in [3.63, 3.8) is 0 Å². The van der Waals surface area contributed by atoms with Gasteiger partial charge < -0.3 is 15.4 Å². The molecule has 2 N–H and O–H groups in total. The standard InChI is InChI=1S/C13H22N4O/c1-3-6-18-13-7-12(15-9-16-13)17-5-4-10(2)11(14)8-17/h7,9-11H,3-6,8,14H2,1-2H3. The second kappa shape index (κ2) is 6.00. The van der Waals surface area contributed by atoms with Crippen LogP contribution in [0, 0.1) is 5.92 Å². The van der Waals surface area contributed by atoms with Crippen molar-refractivity contribution >= 4 is 5.82 Å². The summed E-state index contributed by atoms with van der Waals surface area (Å²) in [6, 6.07) is 2.12. The molecule has 100 valence electrons. The average Bonchev–Trinajstić information content (AvgIpc) is 2.40. The highest BCUT2D eigenvalue weighted by atomic mass is 16.5. The number of aromatic nitrogens is 2. The number of anilines is 1. The van der Waals surface area contributed by atoms with Gasteiger partial charge in [0.25, 0.3) is 0 Å². The summed E-state index contributed by atoms with van der Waals surface area (Å²) in [6.45, 7) is 6.82. The van der Waals surface area contributed by atoms with Crippen molar-refractivity contribution in [3.8, 4) is 5.88 Å². The maximum Gasteiger partial charge on any atom is 0.218 e. The van der Waals surface area contributed by atoms with Crippen LogP contribution in [0.1, 0.15) is 26.7 Å². The van der Waals surface area contributed by atoms with Crippen LogP contribution in [0.5, 0.6) is 5.88 Å². The lowest BCUT2D eigenvalue weighted by Gasteiger charge is -2.35. The van der Waals surface area contributed by atoms with Crippen LogP contribution in [0.25, 0.3) is 0 Å². The predicted octanol–water partition coefficient (Wildman–Crippen LogP) is 1.44. The highest BCUT2D eigenvalue weighted by molar-refractivity contribution is 5.41. The fourth-order valence-electron chi connectivity index (χ4n) is 2.10. The summed E-state index contributed by atoms with van der Waals surface area (Å²) in [7, 11) is 0. The summed E-state index contributed by atoms with van der Waals surface area (Å²) in [4.78, 5) is 10.6. The van der Waals surface area contributed by atoms with Gasteiger partial charge in [0.1, 0.15) is 12.1 Å². The van der Waals surface area contributed by atoms with Gasteiger partial charge in [0.05, 0.1) is 6.61 Å². The third-order valence-electron chi connectivity index (χ3n) is 3.42. The van der Waals surface area contributed by atoms with Crippen molar-refractivity contribution in [2.45, 2.75) is 32.7 Å². The third kappa shape index (κ3) is 3.10. The van der Waals surface area contributed by atoms with E-state index in [0.717, 1.165) is 31.7 Å². The molecule has 1 aliphatic rings. The topological polar surface area (TPSA) is 64.3 Å². The van der Waals surface area contributed by atoms with E-state index in [1.54, 1.807) is 6.33 Å². The lowest BCUT2D eigenvalue weighted by atomic mass is 9.94. The van der Waals surface area contributed by atoms with Crippen LogP contribution >= 0.6 is 0 Å². The van der Waals surface area contributed by atoms with Crippen molar-refractivity contribution in [1.29, 1.82) is 0 Å². The van der Waals surface area contributed by atoms with E-state index < -0.39 is 0 Å². The molecule has 0 aliphatic carbocycles. The van der Waals surface area contributed by atoms with Gasteiger partial charge in [-0.3, -0.25) is 0 Å². The van der Waals surface area contributed by atoms with E-state index in [1.165, 1.54) is 0 Å². The number of rotatable bonds is 4. The summed E-state index contributed by atoms with van der Waals surface area (Å²) >= 11 is 0. The van der Waals surface area contributed by atoms with Crippen LogP contribution in [0.4, 0.5) is 5.82 Å². The highest BCUT2D eigenvalue weighted by Gasteiger charge is 2.24. The first-order valence-electron chi connectivity index (χ1n) is 6.66. The van der Waals surface area contributed by atoms with Crippen LogP contribution < -0.4 is 15.4 Å². The zero-order valence-electron chi connectivity index (χ0n) is 11.2. The molecule has 1 aromatic rings. The molecule has 0 bridgehead atoms. The lowest BCUT2D eigenvalue weighted by molar-refractivity contribution is 0.304. The van der Waals surface area contributed by atoms with Crippen molar-refractivity contribution in [3.05, 3.63) is 12.4 Å². The van der Waals surface area contributed by atoms with Crippen LogP contribution in [-0.2, 0) is 0 Å². The summed E-state index contributed by atoms with van der Waals surface area (Å²) in [6.07, 6.45) is 3.64. The summed E-state index contributed by atoms with van der Waals surface area (Å²) in [5.74, 6) is 2.14. The molecular formula is C13H22N4O. The third-order valence-corrected chi connectivity index (χ3v) is 3.42. The van der Waals surface area contributed by atoms with E-state index in [1.807, 2.05) is 6.07 Å². The largest absolute Gasteiger partial charge is 0.478 e. The Morgan fingerprint density at radius 3 is 3.06 bits per heavy atom. The van der Waals surface area contributed by atoms with E-state index in [0.29, 0.717) is 18.4 Å². The van der Waals surface area contributed by atoms with Crippen LogP contribution in [-0.4, -0.2) is 35.7 Å². The molecule has 2 unspecified atom stereocenters. The second-order valence-corrected chi connectivity index (χ2v) is 4.94. The minimum Gasteiger partial charge on any atom is -0.478 e. The van der Waals surface area contributed by atoms with Gasteiger partial charge in [-0.15, -0.1) is 0 Å². The Kier molecular flexibility index (Phi) is 4.36. The number of nitrogens with zero attached hydrogens (tertiary/aromatic N) is 3. The SMILES string of the molecule is CCCOc1cc(N2CCC(C)C(N)C2)ncn1. The minimum atomic E-state index is 0.216. The van der Waals surface area contributed by atoms with Crippen molar-refractivity contribution in [2.75, 3.05) is 24.6 Å². The predicted molar refractivity (Wildman–Crippen MR) is 71.8 cm³/mol. The summed E-state index contributed by atoms with van der Waals surface area (Å²) < 4.78 is 5.53. The molecular weight excluding hydrogens is 228 g/mol. The molecule has 0 aromatic carbocycles. The molecule has 18 heavy (non-hydrogen) atoms. The molecule has 2 rings (SSSR count). The first-order chi connectivity index (χ1) is 8.70. The number of nitrogens with two attached hydrogens (primary N) is 1. The van der Waals surface area contributed by atoms with E-state index in [9.17, 15) is 0 Å². The van der Waals surface area contributed by atoms with Gasteiger partial charge in [-0.2, -0.15) is 0 Å². The van der Waals surface area contributed by atoms with Crippen LogP contribution in [0.2, 0.25) is 0 Å². The molecule has 5 nitrogen and oxygen atoms in total. The quantitative estimate of drug-likeness (QED) is 0.876. The van der Waals surface area contributed by atoms with Gasteiger partial charge in [0.2, 0.25) is 5.88 Å². The van der Waals surface area contributed by atoms with Crippen LogP contribution in [0.3, 0.4) is 0 Å². The maximum atomic E-state index is 6.11. The van der Waals surface area contributed by atoms with Crippen molar-refractivity contribution < 1.29 is 4.74 Å². The zero-order chi connectivity index (χ0) is 13.0. The summed E-state index contributed by atoms with van der Waals surface area (Å²) in [5.41, 5.74) is 6.11. The molecule has 0 radical (unpaired) electrons. The number of hydrogen-bond acceptors (Lipinski definition) is 5. The van der Waals surface area contributed by atoms with Gasteiger partial charge >= 0.3 is 0 Å². The molecule has 2 atom stereocenters. The molecule has 5 heteroatoms. The normalized spacial score (nSPS) is 24.1. The highest BCUT2D eigenvalue weighted by Crippen LogP contribution is 2.22. The van der Waals surface area contributed by atoms with Gasteiger partial charge in [0.15, 0.2) is 0 Å². The Bertz CT molecular complexity index is 385. The molecule has 1 saturated heterocycles. The van der Waals surface area contributed by atoms with Crippen molar-refractivity contribution in [2.24, 2.45) is 11.7 Å². The molecule has 0 saturated carbocycles. The fourth-order valence-corrected chi connectivity index (χ4v) is 2.10. The monoisotopic (exact) mass is 250 g/mol.